The van der Waals surface area contributed by atoms with Gasteiger partial charge in [-0.1, -0.05) is 54.6 Å². The van der Waals surface area contributed by atoms with E-state index in [1.54, 1.807) is 39.8 Å². The van der Waals surface area contributed by atoms with Crippen molar-refractivity contribution in [3.63, 3.8) is 0 Å². The molecule has 0 aromatic heterocycles. The van der Waals surface area contributed by atoms with E-state index in [1.807, 2.05) is 42.5 Å². The van der Waals surface area contributed by atoms with Crippen LogP contribution >= 0.6 is 0 Å². The third-order valence-electron chi connectivity index (χ3n) is 4.46. The molecule has 2 atom stereocenters. The number of aliphatic hydroxyl groups is 1. The summed E-state index contributed by atoms with van der Waals surface area (Å²) >= 11 is 0. The molecule has 2 aromatic carbocycles. The number of aliphatic hydroxyl groups excluding tert-OH is 1. The Morgan fingerprint density at radius 2 is 1.62 bits per heavy atom. The Bertz CT molecular complexity index is 904. The van der Waals surface area contributed by atoms with Crippen molar-refractivity contribution in [2.75, 3.05) is 5.32 Å². The molecule has 0 radical (unpaired) electrons. The average Bonchev–Trinajstić information content (AvgIpc) is 2.72. The fourth-order valence-electron chi connectivity index (χ4n) is 2.90. The number of rotatable bonds is 8. The summed E-state index contributed by atoms with van der Waals surface area (Å²) < 4.78 is 10.5. The SMILES string of the molecule is C=C(C)[C@@H](O)[C@H](Cc1ccc(NC(=O)OC(C)(C)C)cc1)NC(=O)OCc1ccccc1. The average molecular weight is 441 g/mol. The first-order chi connectivity index (χ1) is 15.0. The van der Waals surface area contributed by atoms with Gasteiger partial charge in [0.25, 0.3) is 0 Å². The van der Waals surface area contributed by atoms with Gasteiger partial charge >= 0.3 is 12.2 Å². The van der Waals surface area contributed by atoms with Crippen molar-refractivity contribution in [1.29, 1.82) is 0 Å². The van der Waals surface area contributed by atoms with Crippen LogP contribution in [0.2, 0.25) is 0 Å². The molecule has 0 aliphatic carbocycles. The second-order valence-corrected chi connectivity index (χ2v) is 8.63. The summed E-state index contributed by atoms with van der Waals surface area (Å²) in [5, 5.41) is 15.9. The quantitative estimate of drug-likeness (QED) is 0.512. The Morgan fingerprint density at radius 3 is 2.19 bits per heavy atom. The second kappa shape index (κ2) is 11.3. The van der Waals surface area contributed by atoms with Crippen molar-refractivity contribution in [2.45, 2.75) is 58.5 Å². The van der Waals surface area contributed by atoms with Crippen LogP contribution in [0.1, 0.15) is 38.8 Å². The molecule has 32 heavy (non-hydrogen) atoms. The standard InChI is InChI=1S/C25H32N2O5/c1-17(2)22(28)21(27-23(29)31-16-19-9-7-6-8-10-19)15-18-11-13-20(14-12-18)26-24(30)32-25(3,4)5/h6-14,21-22,28H,1,15-16H2,2-5H3,(H,26,30)(H,27,29)/t21-,22+/m0/s1. The van der Waals surface area contributed by atoms with E-state index in [9.17, 15) is 14.7 Å². The van der Waals surface area contributed by atoms with Crippen molar-refractivity contribution < 1.29 is 24.2 Å². The van der Waals surface area contributed by atoms with Crippen LogP contribution in [0, 0.1) is 0 Å². The van der Waals surface area contributed by atoms with E-state index in [1.165, 1.54) is 0 Å². The van der Waals surface area contributed by atoms with Crippen LogP contribution in [0.15, 0.2) is 66.7 Å². The molecule has 7 nitrogen and oxygen atoms in total. The Hall–Kier alpha value is -3.32. The van der Waals surface area contributed by atoms with Crippen LogP contribution in [0.4, 0.5) is 15.3 Å². The Kier molecular flexibility index (Phi) is 8.84. The maximum Gasteiger partial charge on any atom is 0.412 e. The zero-order valence-electron chi connectivity index (χ0n) is 19.1. The predicted octanol–water partition coefficient (Wildman–Crippen LogP) is 4.81. The molecular weight excluding hydrogens is 408 g/mol. The van der Waals surface area contributed by atoms with Gasteiger partial charge in [-0.25, -0.2) is 9.59 Å². The fourth-order valence-corrected chi connectivity index (χ4v) is 2.90. The maximum atomic E-state index is 12.3. The first kappa shape index (κ1) is 24.9. The lowest BCUT2D eigenvalue weighted by Crippen LogP contribution is -2.45. The first-order valence-corrected chi connectivity index (χ1v) is 10.4. The summed E-state index contributed by atoms with van der Waals surface area (Å²) in [7, 11) is 0. The van der Waals surface area contributed by atoms with E-state index >= 15 is 0 Å². The van der Waals surface area contributed by atoms with Crippen LogP contribution in [0.5, 0.6) is 0 Å². The largest absolute Gasteiger partial charge is 0.445 e. The maximum absolute atomic E-state index is 12.3. The van der Waals surface area contributed by atoms with Gasteiger partial charge in [-0.3, -0.25) is 5.32 Å². The lowest BCUT2D eigenvalue weighted by Gasteiger charge is -2.24. The molecule has 2 amide bonds. The number of alkyl carbamates (subject to hydrolysis) is 1. The van der Waals surface area contributed by atoms with Crippen LogP contribution < -0.4 is 10.6 Å². The van der Waals surface area contributed by atoms with Crippen LogP contribution in [0.25, 0.3) is 0 Å². The van der Waals surface area contributed by atoms with E-state index in [-0.39, 0.29) is 6.61 Å². The lowest BCUT2D eigenvalue weighted by molar-refractivity contribution is 0.0636. The van der Waals surface area contributed by atoms with Crippen molar-refractivity contribution in [2.24, 2.45) is 0 Å². The zero-order chi connectivity index (χ0) is 23.7. The molecule has 2 aromatic rings. The third kappa shape index (κ3) is 8.81. The van der Waals surface area contributed by atoms with E-state index in [2.05, 4.69) is 17.2 Å². The molecule has 0 spiro atoms. The van der Waals surface area contributed by atoms with Gasteiger partial charge in [0.1, 0.15) is 12.2 Å². The summed E-state index contributed by atoms with van der Waals surface area (Å²) in [6.45, 7) is 11.0. The van der Waals surface area contributed by atoms with Gasteiger partial charge in [0.05, 0.1) is 12.1 Å². The molecule has 172 valence electrons. The smallest absolute Gasteiger partial charge is 0.412 e. The highest BCUT2D eigenvalue weighted by Gasteiger charge is 2.23. The number of nitrogens with one attached hydrogen (secondary N) is 2. The highest BCUT2D eigenvalue weighted by Crippen LogP contribution is 2.16. The van der Waals surface area contributed by atoms with Gasteiger partial charge in [-0.05, 0) is 57.4 Å². The topological polar surface area (TPSA) is 96.9 Å². The molecule has 0 aliphatic rings. The number of anilines is 1. The molecule has 0 saturated carbocycles. The molecule has 0 aliphatic heterocycles. The minimum Gasteiger partial charge on any atom is -0.445 e. The summed E-state index contributed by atoms with van der Waals surface area (Å²) in [6, 6.07) is 15.8. The molecule has 7 heteroatoms. The monoisotopic (exact) mass is 440 g/mol. The number of ether oxygens (including phenoxy) is 2. The van der Waals surface area contributed by atoms with Crippen molar-refractivity contribution in [3.05, 3.63) is 77.9 Å². The lowest BCUT2D eigenvalue weighted by atomic mass is 9.97. The van der Waals surface area contributed by atoms with E-state index in [4.69, 9.17) is 9.47 Å². The second-order valence-electron chi connectivity index (χ2n) is 8.63. The van der Waals surface area contributed by atoms with Gasteiger partial charge in [0, 0.05) is 5.69 Å². The van der Waals surface area contributed by atoms with E-state index < -0.39 is 29.9 Å². The minimum absolute atomic E-state index is 0.133. The number of hydrogen-bond acceptors (Lipinski definition) is 5. The van der Waals surface area contributed by atoms with Crippen molar-refractivity contribution in [3.8, 4) is 0 Å². The Balaban J connectivity index is 1.98. The minimum atomic E-state index is -0.946. The van der Waals surface area contributed by atoms with Crippen molar-refractivity contribution in [1.82, 2.24) is 5.32 Å². The zero-order valence-corrected chi connectivity index (χ0v) is 19.1. The fraction of sp³-hybridized carbons (Fsp3) is 0.360. The highest BCUT2D eigenvalue weighted by molar-refractivity contribution is 5.84. The van der Waals surface area contributed by atoms with E-state index in [0.717, 1.165) is 11.1 Å². The van der Waals surface area contributed by atoms with Gasteiger partial charge in [0.15, 0.2) is 0 Å². The summed E-state index contributed by atoms with van der Waals surface area (Å²) in [5.74, 6) is 0. The molecule has 0 heterocycles. The summed E-state index contributed by atoms with van der Waals surface area (Å²) in [6.07, 6.45) is -1.76. The molecule has 0 bridgehead atoms. The molecule has 0 fully saturated rings. The Labute approximate surface area is 189 Å². The highest BCUT2D eigenvalue weighted by atomic mass is 16.6. The van der Waals surface area contributed by atoms with Gasteiger partial charge in [-0.15, -0.1) is 0 Å². The van der Waals surface area contributed by atoms with Gasteiger partial charge in [0.2, 0.25) is 0 Å². The normalized spacial score (nSPS) is 12.9. The van der Waals surface area contributed by atoms with Crippen LogP contribution in [0.3, 0.4) is 0 Å². The number of benzene rings is 2. The summed E-state index contributed by atoms with van der Waals surface area (Å²) in [5.41, 5.74) is 2.24. The molecule has 3 N–H and O–H groups in total. The Morgan fingerprint density at radius 1 is 1.00 bits per heavy atom. The molecule has 0 unspecified atom stereocenters. The van der Waals surface area contributed by atoms with Crippen LogP contribution in [-0.2, 0) is 22.5 Å². The van der Waals surface area contributed by atoms with Gasteiger partial charge < -0.3 is 19.9 Å². The predicted molar refractivity (Wildman–Crippen MR) is 124 cm³/mol. The number of carbonyl (C=O) groups excluding carboxylic acids is 2. The number of carbonyl (C=O) groups is 2. The molecule has 0 saturated heterocycles. The van der Waals surface area contributed by atoms with Crippen molar-refractivity contribution >= 4 is 17.9 Å². The summed E-state index contributed by atoms with van der Waals surface area (Å²) in [4.78, 5) is 24.2. The number of hydrogen-bond donors (Lipinski definition) is 3. The first-order valence-electron chi connectivity index (χ1n) is 10.4. The van der Waals surface area contributed by atoms with Gasteiger partial charge in [-0.2, -0.15) is 0 Å². The molecular formula is C25H32N2O5. The third-order valence-corrected chi connectivity index (χ3v) is 4.46. The number of amides is 2. The van der Waals surface area contributed by atoms with Crippen LogP contribution in [-0.4, -0.2) is 35.0 Å². The van der Waals surface area contributed by atoms with E-state index in [0.29, 0.717) is 17.7 Å². The molecule has 2 rings (SSSR count).